The number of nitrogens with one attached hydrogen (secondary N) is 1. The van der Waals surface area contributed by atoms with Crippen molar-refractivity contribution in [2.75, 3.05) is 13.2 Å². The Labute approximate surface area is 114 Å². The number of aromatic nitrogens is 1. The molecule has 1 saturated heterocycles. The van der Waals surface area contributed by atoms with Gasteiger partial charge in [-0.05, 0) is 43.9 Å². The third kappa shape index (κ3) is 3.85. The minimum absolute atomic E-state index is 0.486. The summed E-state index contributed by atoms with van der Waals surface area (Å²) in [6.45, 7) is 4.00. The number of hydrogen-bond acceptors (Lipinski definition) is 3. The Morgan fingerprint density at radius 3 is 3.17 bits per heavy atom. The summed E-state index contributed by atoms with van der Waals surface area (Å²) in [4.78, 5) is 4.20. The van der Waals surface area contributed by atoms with Gasteiger partial charge in [0.15, 0.2) is 0 Å². The molecule has 2 rings (SSSR count). The summed E-state index contributed by atoms with van der Waals surface area (Å²) in [5.41, 5.74) is 1.09. The molecule has 1 aliphatic heterocycles. The van der Waals surface area contributed by atoms with Gasteiger partial charge < -0.3 is 10.1 Å². The summed E-state index contributed by atoms with van der Waals surface area (Å²) in [5, 5.41) is 4.02. The first-order valence-electron chi connectivity index (χ1n) is 6.80. The lowest BCUT2D eigenvalue weighted by atomic mass is 10.1. The molecule has 18 heavy (non-hydrogen) atoms. The predicted molar refractivity (Wildman–Crippen MR) is 74.4 cm³/mol. The molecule has 4 heteroatoms. The number of halogens is 1. The monoisotopic (exact) mass is 268 g/mol. The Kier molecular flexibility index (Phi) is 5.26. The van der Waals surface area contributed by atoms with Gasteiger partial charge in [-0.1, -0.05) is 24.9 Å². The standard InChI is InChI=1S/C14H21ClN2O/c1-2-3-5-11-8-13(9-17-14(11)15)18-10-12-6-4-7-16-12/h8-9,12,16H,2-7,10H2,1H3. The van der Waals surface area contributed by atoms with Crippen LogP contribution in [0.3, 0.4) is 0 Å². The van der Waals surface area contributed by atoms with Crippen LogP contribution in [0.5, 0.6) is 5.75 Å². The molecule has 1 fully saturated rings. The molecule has 1 unspecified atom stereocenters. The molecule has 0 aromatic carbocycles. The minimum Gasteiger partial charge on any atom is -0.490 e. The van der Waals surface area contributed by atoms with Gasteiger partial charge in [0.2, 0.25) is 0 Å². The first kappa shape index (κ1) is 13.6. The van der Waals surface area contributed by atoms with Crippen LogP contribution >= 0.6 is 11.6 Å². The third-order valence-corrected chi connectivity index (χ3v) is 3.64. The SMILES string of the molecule is CCCCc1cc(OCC2CCCN2)cnc1Cl. The van der Waals surface area contributed by atoms with Gasteiger partial charge in [0.1, 0.15) is 17.5 Å². The maximum Gasteiger partial charge on any atom is 0.138 e. The summed E-state index contributed by atoms with van der Waals surface area (Å²) < 4.78 is 5.78. The molecule has 0 radical (unpaired) electrons. The molecule has 0 amide bonds. The van der Waals surface area contributed by atoms with Crippen molar-refractivity contribution in [1.82, 2.24) is 10.3 Å². The van der Waals surface area contributed by atoms with Gasteiger partial charge in [-0.3, -0.25) is 0 Å². The van der Waals surface area contributed by atoms with Crippen molar-refractivity contribution < 1.29 is 4.74 Å². The fourth-order valence-corrected chi connectivity index (χ4v) is 2.39. The lowest BCUT2D eigenvalue weighted by Crippen LogP contribution is -2.28. The first-order valence-corrected chi connectivity index (χ1v) is 7.18. The summed E-state index contributed by atoms with van der Waals surface area (Å²) >= 11 is 6.08. The summed E-state index contributed by atoms with van der Waals surface area (Å²) in [6, 6.07) is 2.51. The fraction of sp³-hybridized carbons (Fsp3) is 0.643. The van der Waals surface area contributed by atoms with E-state index in [2.05, 4.69) is 17.2 Å². The molecule has 0 spiro atoms. The Morgan fingerprint density at radius 1 is 1.56 bits per heavy atom. The molecule has 0 saturated carbocycles. The van der Waals surface area contributed by atoms with Gasteiger partial charge in [-0.2, -0.15) is 0 Å². The van der Waals surface area contributed by atoms with E-state index in [1.54, 1.807) is 6.20 Å². The van der Waals surface area contributed by atoms with Gasteiger partial charge in [-0.25, -0.2) is 4.98 Å². The fourth-order valence-electron chi connectivity index (χ4n) is 2.19. The van der Waals surface area contributed by atoms with E-state index in [0.717, 1.165) is 43.7 Å². The van der Waals surface area contributed by atoms with Gasteiger partial charge in [0.05, 0.1) is 6.20 Å². The number of nitrogens with zero attached hydrogens (tertiary/aromatic N) is 1. The van der Waals surface area contributed by atoms with Crippen molar-refractivity contribution in [3.63, 3.8) is 0 Å². The number of rotatable bonds is 6. The molecule has 100 valence electrons. The number of pyridine rings is 1. The minimum atomic E-state index is 0.486. The van der Waals surface area contributed by atoms with Gasteiger partial charge in [-0.15, -0.1) is 0 Å². The van der Waals surface area contributed by atoms with Gasteiger partial charge >= 0.3 is 0 Å². The lowest BCUT2D eigenvalue weighted by molar-refractivity contribution is 0.276. The molecular weight excluding hydrogens is 248 g/mol. The van der Waals surface area contributed by atoms with Crippen LogP contribution in [0.15, 0.2) is 12.3 Å². The third-order valence-electron chi connectivity index (χ3n) is 3.30. The average molecular weight is 269 g/mol. The molecule has 1 aromatic rings. The lowest BCUT2D eigenvalue weighted by Gasteiger charge is -2.13. The number of hydrogen-bond donors (Lipinski definition) is 1. The van der Waals surface area contributed by atoms with Crippen LogP contribution in [-0.2, 0) is 6.42 Å². The Hall–Kier alpha value is -0.800. The predicted octanol–water partition coefficient (Wildman–Crippen LogP) is 3.21. The molecular formula is C14H21ClN2O. The summed E-state index contributed by atoms with van der Waals surface area (Å²) in [5.74, 6) is 0.833. The maximum atomic E-state index is 6.08. The maximum absolute atomic E-state index is 6.08. The van der Waals surface area contributed by atoms with E-state index in [-0.39, 0.29) is 0 Å². The molecule has 1 atom stereocenters. The van der Waals surface area contributed by atoms with Crippen molar-refractivity contribution in [2.24, 2.45) is 0 Å². The van der Waals surface area contributed by atoms with E-state index in [0.29, 0.717) is 11.2 Å². The van der Waals surface area contributed by atoms with Crippen molar-refractivity contribution >= 4 is 11.6 Å². The Balaban J connectivity index is 1.91. The highest BCUT2D eigenvalue weighted by molar-refractivity contribution is 6.30. The van der Waals surface area contributed by atoms with Gasteiger partial charge in [0, 0.05) is 6.04 Å². The van der Waals surface area contributed by atoms with Crippen molar-refractivity contribution in [1.29, 1.82) is 0 Å². The van der Waals surface area contributed by atoms with Crippen LogP contribution in [0.2, 0.25) is 5.15 Å². The van der Waals surface area contributed by atoms with Crippen LogP contribution in [0, 0.1) is 0 Å². The van der Waals surface area contributed by atoms with Crippen molar-refractivity contribution in [2.45, 2.75) is 45.1 Å². The first-order chi connectivity index (χ1) is 8.79. The molecule has 0 bridgehead atoms. The van der Waals surface area contributed by atoms with Crippen molar-refractivity contribution in [3.8, 4) is 5.75 Å². The molecule has 3 nitrogen and oxygen atoms in total. The highest BCUT2D eigenvalue weighted by Crippen LogP contribution is 2.21. The molecule has 2 heterocycles. The largest absolute Gasteiger partial charge is 0.490 e. The molecule has 1 N–H and O–H groups in total. The van der Waals surface area contributed by atoms with E-state index in [1.807, 2.05) is 6.07 Å². The van der Waals surface area contributed by atoms with E-state index in [9.17, 15) is 0 Å². The van der Waals surface area contributed by atoms with Crippen LogP contribution in [-0.4, -0.2) is 24.2 Å². The zero-order valence-corrected chi connectivity index (χ0v) is 11.7. The Bertz CT molecular complexity index is 378. The normalized spacial score (nSPS) is 19.1. The molecule has 0 aliphatic carbocycles. The second-order valence-corrected chi connectivity index (χ2v) is 5.19. The van der Waals surface area contributed by atoms with Crippen LogP contribution in [0.4, 0.5) is 0 Å². The second-order valence-electron chi connectivity index (χ2n) is 4.83. The summed E-state index contributed by atoms with van der Waals surface area (Å²) in [6.07, 6.45) is 7.43. The topological polar surface area (TPSA) is 34.1 Å². The van der Waals surface area contributed by atoms with Crippen LogP contribution in [0.1, 0.15) is 38.2 Å². The average Bonchev–Trinajstić information content (AvgIpc) is 2.89. The zero-order valence-electron chi connectivity index (χ0n) is 10.9. The van der Waals surface area contributed by atoms with E-state index < -0.39 is 0 Å². The van der Waals surface area contributed by atoms with Crippen LogP contribution < -0.4 is 10.1 Å². The number of ether oxygens (including phenoxy) is 1. The Morgan fingerprint density at radius 2 is 2.44 bits per heavy atom. The van der Waals surface area contributed by atoms with E-state index in [1.165, 1.54) is 12.8 Å². The molecule has 1 aliphatic rings. The number of unbranched alkanes of at least 4 members (excludes halogenated alkanes) is 1. The van der Waals surface area contributed by atoms with Gasteiger partial charge in [0.25, 0.3) is 0 Å². The zero-order chi connectivity index (χ0) is 12.8. The highest BCUT2D eigenvalue weighted by atomic mass is 35.5. The van der Waals surface area contributed by atoms with Crippen molar-refractivity contribution in [3.05, 3.63) is 23.0 Å². The van der Waals surface area contributed by atoms with Crippen LogP contribution in [0.25, 0.3) is 0 Å². The summed E-state index contributed by atoms with van der Waals surface area (Å²) in [7, 11) is 0. The quantitative estimate of drug-likeness (QED) is 0.805. The smallest absolute Gasteiger partial charge is 0.138 e. The number of aryl methyl sites for hydroxylation is 1. The van der Waals surface area contributed by atoms with E-state index in [4.69, 9.17) is 16.3 Å². The van der Waals surface area contributed by atoms with E-state index >= 15 is 0 Å². The second kappa shape index (κ2) is 6.95. The highest BCUT2D eigenvalue weighted by Gasteiger charge is 2.14. The molecule has 1 aromatic heterocycles.